The summed E-state index contributed by atoms with van der Waals surface area (Å²) in [6.45, 7) is 8.17. The third-order valence-electron chi connectivity index (χ3n) is 3.18. The fourth-order valence-electron chi connectivity index (χ4n) is 1.87. The topological polar surface area (TPSA) is 50.7 Å². The number of nitrogens with one attached hydrogen (secondary N) is 1. The predicted octanol–water partition coefficient (Wildman–Crippen LogP) is 1.83. The predicted molar refractivity (Wildman–Crippen MR) is 69.9 cm³/mol. The molecule has 1 aromatic rings. The highest BCUT2D eigenvalue weighted by atomic mass is 16.7. The molecule has 4 nitrogen and oxygen atoms in total. The van der Waals surface area contributed by atoms with Crippen molar-refractivity contribution in [3.8, 4) is 11.5 Å². The van der Waals surface area contributed by atoms with E-state index in [2.05, 4.69) is 12.2 Å². The Morgan fingerprint density at radius 2 is 1.94 bits per heavy atom. The van der Waals surface area contributed by atoms with Crippen LogP contribution in [0.4, 0.5) is 0 Å². The Hall–Kier alpha value is -1.26. The second-order valence-corrected chi connectivity index (χ2v) is 5.56. The summed E-state index contributed by atoms with van der Waals surface area (Å²) >= 11 is 0. The van der Waals surface area contributed by atoms with Crippen LogP contribution in [-0.2, 0) is 6.54 Å². The molecule has 0 saturated carbocycles. The standard InChI is InChI=1S/C14H21NO3/c1-10-4-12-13(18-9-17-12)5-11(10)6-15-7-14(2,3)8-16/h4-5,15-16H,6-9H2,1-3H3. The number of benzene rings is 1. The molecule has 1 aromatic carbocycles. The van der Waals surface area contributed by atoms with Crippen LogP contribution >= 0.6 is 0 Å². The Balaban J connectivity index is 1.98. The van der Waals surface area contributed by atoms with Gasteiger partial charge in [0.1, 0.15) is 0 Å². The third-order valence-corrected chi connectivity index (χ3v) is 3.18. The van der Waals surface area contributed by atoms with E-state index in [-0.39, 0.29) is 12.0 Å². The van der Waals surface area contributed by atoms with Crippen molar-refractivity contribution < 1.29 is 14.6 Å². The number of aryl methyl sites for hydroxylation is 1. The third kappa shape index (κ3) is 2.94. The summed E-state index contributed by atoms with van der Waals surface area (Å²) in [4.78, 5) is 0. The molecule has 0 atom stereocenters. The second-order valence-electron chi connectivity index (χ2n) is 5.56. The maximum atomic E-state index is 9.20. The molecule has 0 aromatic heterocycles. The molecule has 1 heterocycles. The largest absolute Gasteiger partial charge is 0.454 e. The van der Waals surface area contributed by atoms with Gasteiger partial charge in [-0.3, -0.25) is 0 Å². The lowest BCUT2D eigenvalue weighted by molar-refractivity contribution is 0.156. The number of hydrogen-bond acceptors (Lipinski definition) is 4. The van der Waals surface area contributed by atoms with Crippen LogP contribution in [0.2, 0.25) is 0 Å². The molecule has 2 rings (SSSR count). The van der Waals surface area contributed by atoms with Gasteiger partial charge >= 0.3 is 0 Å². The van der Waals surface area contributed by atoms with Gasteiger partial charge in [0.25, 0.3) is 0 Å². The molecule has 0 spiro atoms. The highest BCUT2D eigenvalue weighted by Crippen LogP contribution is 2.34. The minimum absolute atomic E-state index is 0.0930. The first kappa shape index (κ1) is 13.2. The van der Waals surface area contributed by atoms with E-state index in [1.54, 1.807) is 0 Å². The molecule has 0 aliphatic carbocycles. The Kier molecular flexibility index (Phi) is 3.78. The van der Waals surface area contributed by atoms with E-state index < -0.39 is 0 Å². The lowest BCUT2D eigenvalue weighted by Gasteiger charge is -2.22. The Morgan fingerprint density at radius 1 is 1.28 bits per heavy atom. The summed E-state index contributed by atoms with van der Waals surface area (Å²) < 4.78 is 10.7. The van der Waals surface area contributed by atoms with Crippen molar-refractivity contribution in [2.75, 3.05) is 19.9 Å². The molecule has 1 aliphatic heterocycles. The van der Waals surface area contributed by atoms with Crippen molar-refractivity contribution in [1.29, 1.82) is 0 Å². The van der Waals surface area contributed by atoms with E-state index in [4.69, 9.17) is 9.47 Å². The van der Waals surface area contributed by atoms with Crippen molar-refractivity contribution in [1.82, 2.24) is 5.32 Å². The minimum atomic E-state index is -0.0930. The van der Waals surface area contributed by atoms with Crippen LogP contribution in [-0.4, -0.2) is 25.1 Å². The van der Waals surface area contributed by atoms with Crippen LogP contribution in [0.15, 0.2) is 12.1 Å². The van der Waals surface area contributed by atoms with Gasteiger partial charge < -0.3 is 19.9 Å². The van der Waals surface area contributed by atoms with E-state index in [9.17, 15) is 5.11 Å². The van der Waals surface area contributed by atoms with Gasteiger partial charge in [0, 0.05) is 25.1 Å². The fourth-order valence-corrected chi connectivity index (χ4v) is 1.87. The van der Waals surface area contributed by atoms with E-state index in [0.29, 0.717) is 6.79 Å². The molecule has 0 saturated heterocycles. The molecule has 0 amide bonds. The Bertz CT molecular complexity index is 429. The van der Waals surface area contributed by atoms with Crippen LogP contribution in [0, 0.1) is 12.3 Å². The smallest absolute Gasteiger partial charge is 0.231 e. The summed E-state index contributed by atoms with van der Waals surface area (Å²) in [5.41, 5.74) is 2.30. The zero-order valence-electron chi connectivity index (χ0n) is 11.2. The van der Waals surface area contributed by atoms with E-state index >= 15 is 0 Å². The number of aliphatic hydroxyl groups is 1. The summed E-state index contributed by atoms with van der Waals surface area (Å²) in [6.07, 6.45) is 0. The minimum Gasteiger partial charge on any atom is -0.454 e. The zero-order valence-corrected chi connectivity index (χ0v) is 11.2. The van der Waals surface area contributed by atoms with E-state index in [1.807, 2.05) is 26.0 Å². The highest BCUT2D eigenvalue weighted by molar-refractivity contribution is 5.48. The van der Waals surface area contributed by atoms with Gasteiger partial charge in [-0.2, -0.15) is 0 Å². The summed E-state index contributed by atoms with van der Waals surface area (Å²) in [6, 6.07) is 4.03. The van der Waals surface area contributed by atoms with Crippen LogP contribution in [0.1, 0.15) is 25.0 Å². The number of hydrogen-bond donors (Lipinski definition) is 2. The number of fused-ring (bicyclic) bond motifs is 1. The summed E-state index contributed by atoms with van der Waals surface area (Å²) in [7, 11) is 0. The molecule has 2 N–H and O–H groups in total. The van der Waals surface area contributed by atoms with Gasteiger partial charge in [-0.25, -0.2) is 0 Å². The van der Waals surface area contributed by atoms with Gasteiger partial charge in [-0.05, 0) is 30.2 Å². The Morgan fingerprint density at radius 3 is 2.61 bits per heavy atom. The Labute approximate surface area is 108 Å². The first-order chi connectivity index (χ1) is 8.52. The first-order valence-electron chi connectivity index (χ1n) is 6.22. The number of aliphatic hydroxyl groups excluding tert-OH is 1. The quantitative estimate of drug-likeness (QED) is 0.838. The SMILES string of the molecule is Cc1cc2c(cc1CNCC(C)(C)CO)OCO2. The average Bonchev–Trinajstić information content (AvgIpc) is 2.76. The van der Waals surface area contributed by atoms with E-state index in [0.717, 1.165) is 24.6 Å². The van der Waals surface area contributed by atoms with Crippen LogP contribution < -0.4 is 14.8 Å². The second kappa shape index (κ2) is 5.16. The fraction of sp³-hybridized carbons (Fsp3) is 0.571. The van der Waals surface area contributed by atoms with Crippen molar-refractivity contribution >= 4 is 0 Å². The molecule has 18 heavy (non-hydrogen) atoms. The normalized spacial score (nSPS) is 14.0. The lowest BCUT2D eigenvalue weighted by atomic mass is 9.95. The molecule has 4 heteroatoms. The molecular weight excluding hydrogens is 230 g/mol. The number of ether oxygens (including phenoxy) is 2. The van der Waals surface area contributed by atoms with Gasteiger partial charge in [0.05, 0.1) is 0 Å². The summed E-state index contributed by atoms with van der Waals surface area (Å²) in [5, 5.41) is 12.6. The average molecular weight is 251 g/mol. The van der Waals surface area contributed by atoms with Gasteiger partial charge in [-0.1, -0.05) is 13.8 Å². The molecule has 100 valence electrons. The number of rotatable bonds is 5. The van der Waals surface area contributed by atoms with Crippen molar-refractivity contribution in [3.63, 3.8) is 0 Å². The lowest BCUT2D eigenvalue weighted by Crippen LogP contribution is -2.32. The zero-order chi connectivity index (χ0) is 13.2. The highest BCUT2D eigenvalue weighted by Gasteiger charge is 2.17. The van der Waals surface area contributed by atoms with Gasteiger partial charge in [-0.15, -0.1) is 0 Å². The molecule has 0 unspecified atom stereocenters. The van der Waals surface area contributed by atoms with Crippen molar-refractivity contribution in [3.05, 3.63) is 23.3 Å². The van der Waals surface area contributed by atoms with Crippen LogP contribution in [0.25, 0.3) is 0 Å². The van der Waals surface area contributed by atoms with Gasteiger partial charge in [0.2, 0.25) is 6.79 Å². The first-order valence-corrected chi connectivity index (χ1v) is 6.22. The molecular formula is C14H21NO3. The van der Waals surface area contributed by atoms with Crippen molar-refractivity contribution in [2.45, 2.75) is 27.3 Å². The molecule has 1 aliphatic rings. The summed E-state index contributed by atoms with van der Waals surface area (Å²) in [5.74, 6) is 1.64. The van der Waals surface area contributed by atoms with E-state index in [1.165, 1.54) is 11.1 Å². The van der Waals surface area contributed by atoms with Crippen LogP contribution in [0.3, 0.4) is 0 Å². The monoisotopic (exact) mass is 251 g/mol. The van der Waals surface area contributed by atoms with Crippen molar-refractivity contribution in [2.24, 2.45) is 5.41 Å². The molecule has 0 bridgehead atoms. The van der Waals surface area contributed by atoms with Gasteiger partial charge in [0.15, 0.2) is 11.5 Å². The van der Waals surface area contributed by atoms with Crippen LogP contribution in [0.5, 0.6) is 11.5 Å². The maximum absolute atomic E-state index is 9.20. The maximum Gasteiger partial charge on any atom is 0.231 e. The molecule has 0 radical (unpaired) electrons. The molecule has 0 fully saturated rings.